The highest BCUT2D eigenvalue weighted by Crippen LogP contribution is 2.52. The molecule has 39 heavy (non-hydrogen) atoms. The minimum absolute atomic E-state index is 0.0335. The molecule has 4 aliphatic heterocycles. The van der Waals surface area contributed by atoms with Crippen LogP contribution in [-0.2, 0) is 11.8 Å². The minimum Gasteiger partial charge on any atom is -0.467 e. The number of hydrogen-bond donors (Lipinski definition) is 1. The summed E-state index contributed by atoms with van der Waals surface area (Å²) in [5.74, 6) is 2.00. The zero-order valence-corrected chi connectivity index (χ0v) is 23.9. The van der Waals surface area contributed by atoms with E-state index in [-0.39, 0.29) is 5.41 Å². The third-order valence-corrected chi connectivity index (χ3v) is 10.4. The number of methoxy groups -OCH3 is 1. The van der Waals surface area contributed by atoms with Crippen LogP contribution in [0.15, 0.2) is 0 Å². The van der Waals surface area contributed by atoms with E-state index in [0.717, 1.165) is 64.8 Å². The highest BCUT2D eigenvalue weighted by molar-refractivity contribution is 7.16. The lowest BCUT2D eigenvalue weighted by Gasteiger charge is -2.31. The average Bonchev–Trinajstić information content (AvgIpc) is 3.74. The van der Waals surface area contributed by atoms with Crippen molar-refractivity contribution < 1.29 is 9.13 Å². The van der Waals surface area contributed by atoms with E-state index < -0.39 is 6.17 Å². The number of aromatic nitrogens is 3. The van der Waals surface area contributed by atoms with Crippen LogP contribution < -0.4 is 20.3 Å². The molecular weight excluding hydrogens is 515 g/mol. The van der Waals surface area contributed by atoms with E-state index in [0.29, 0.717) is 47.0 Å². The number of nitrogen functional groups attached to an aromatic ring is 1. The summed E-state index contributed by atoms with van der Waals surface area (Å²) >= 11 is 1.58. The van der Waals surface area contributed by atoms with E-state index in [2.05, 4.69) is 37.7 Å². The van der Waals surface area contributed by atoms with Crippen molar-refractivity contribution >= 4 is 28.2 Å². The maximum atomic E-state index is 12.6. The summed E-state index contributed by atoms with van der Waals surface area (Å²) in [5, 5.41) is 10.3. The molecule has 9 nitrogen and oxygen atoms in total. The molecule has 4 unspecified atom stereocenters. The molecule has 0 aromatic carbocycles. The topological polar surface area (TPSA) is 107 Å². The number of nitrogens with two attached hydrogens (primary N) is 1. The molecular formula is C28H39FN8OS. The number of anilines is 3. The van der Waals surface area contributed by atoms with Gasteiger partial charge in [0.15, 0.2) is 0 Å². The lowest BCUT2D eigenvalue weighted by atomic mass is 9.80. The van der Waals surface area contributed by atoms with Crippen molar-refractivity contribution in [3.63, 3.8) is 0 Å². The fraction of sp³-hybridized carbons (Fsp3) is 0.714. The molecule has 6 heterocycles. The first kappa shape index (κ1) is 26.5. The van der Waals surface area contributed by atoms with Gasteiger partial charge >= 0.3 is 6.01 Å². The smallest absolute Gasteiger partial charge is 0.322 e. The highest BCUT2D eigenvalue weighted by Gasteiger charge is 2.48. The third kappa shape index (κ3) is 5.02. The molecule has 4 saturated heterocycles. The van der Waals surface area contributed by atoms with E-state index in [1.165, 1.54) is 29.7 Å². The maximum absolute atomic E-state index is 12.6. The summed E-state index contributed by atoms with van der Waals surface area (Å²) in [6, 6.07) is 3.33. The second kappa shape index (κ2) is 10.7. The van der Waals surface area contributed by atoms with Gasteiger partial charge in [0.05, 0.1) is 12.7 Å². The van der Waals surface area contributed by atoms with Gasteiger partial charge in [-0.1, -0.05) is 6.92 Å². The van der Waals surface area contributed by atoms with Gasteiger partial charge in [-0.05, 0) is 69.4 Å². The Morgan fingerprint density at radius 2 is 1.87 bits per heavy atom. The lowest BCUT2D eigenvalue weighted by molar-refractivity contribution is 0.292. The van der Waals surface area contributed by atoms with Crippen LogP contribution in [-0.4, -0.2) is 78.4 Å². The fourth-order valence-corrected chi connectivity index (χ4v) is 8.52. The van der Waals surface area contributed by atoms with Gasteiger partial charge in [-0.3, -0.25) is 4.90 Å². The number of alkyl halides is 1. The van der Waals surface area contributed by atoms with E-state index in [1.54, 1.807) is 18.4 Å². The highest BCUT2D eigenvalue weighted by atomic mass is 32.1. The largest absolute Gasteiger partial charge is 0.467 e. The Morgan fingerprint density at radius 1 is 1.08 bits per heavy atom. The zero-order valence-electron chi connectivity index (χ0n) is 23.0. The number of nitrogens with zero attached hydrogens (tertiary/aromatic N) is 7. The average molecular weight is 555 g/mol. The van der Waals surface area contributed by atoms with Gasteiger partial charge in [0, 0.05) is 49.1 Å². The van der Waals surface area contributed by atoms with Crippen LogP contribution in [0.4, 0.5) is 21.3 Å². The summed E-state index contributed by atoms with van der Waals surface area (Å²) in [6.45, 7) is 7.70. The van der Waals surface area contributed by atoms with Gasteiger partial charge < -0.3 is 20.3 Å². The number of nitriles is 1. The Balaban J connectivity index is 0.000000258. The molecule has 1 aliphatic carbocycles. The Kier molecular flexibility index (Phi) is 7.27. The molecule has 5 aliphatic rings. The summed E-state index contributed by atoms with van der Waals surface area (Å²) in [5.41, 5.74) is 7.97. The monoisotopic (exact) mass is 554 g/mol. The molecule has 2 N–H and O–H groups in total. The molecule has 7 rings (SSSR count). The van der Waals surface area contributed by atoms with Crippen LogP contribution in [0.2, 0.25) is 0 Å². The molecule has 1 spiro atoms. The second-order valence-electron chi connectivity index (χ2n) is 11.9. The van der Waals surface area contributed by atoms with Crippen LogP contribution in [0.3, 0.4) is 0 Å². The summed E-state index contributed by atoms with van der Waals surface area (Å²) in [6.07, 6.45) is 8.24. The van der Waals surface area contributed by atoms with Crippen LogP contribution in [0.25, 0.3) is 0 Å². The molecule has 0 radical (unpaired) electrons. The predicted octanol–water partition coefficient (Wildman–Crippen LogP) is 3.92. The van der Waals surface area contributed by atoms with Crippen molar-refractivity contribution in [3.8, 4) is 12.1 Å². The Morgan fingerprint density at radius 3 is 2.62 bits per heavy atom. The Hall–Kier alpha value is -2.71. The molecule has 0 amide bonds. The molecule has 0 saturated carbocycles. The number of ether oxygens (including phenoxy) is 1. The first-order chi connectivity index (χ1) is 18.9. The summed E-state index contributed by atoms with van der Waals surface area (Å²) in [4.78, 5) is 22.0. The molecule has 210 valence electrons. The number of hydrogen-bond acceptors (Lipinski definition) is 10. The van der Waals surface area contributed by atoms with Crippen LogP contribution in [0, 0.1) is 17.2 Å². The van der Waals surface area contributed by atoms with Gasteiger partial charge in [0.25, 0.3) is 0 Å². The minimum atomic E-state index is -0.518. The van der Waals surface area contributed by atoms with Gasteiger partial charge in [0.2, 0.25) is 11.9 Å². The van der Waals surface area contributed by atoms with Crippen molar-refractivity contribution in [2.24, 2.45) is 5.92 Å². The summed E-state index contributed by atoms with van der Waals surface area (Å²) in [7, 11) is 1.60. The van der Waals surface area contributed by atoms with E-state index in [1.807, 2.05) is 0 Å². The van der Waals surface area contributed by atoms with Crippen molar-refractivity contribution in [2.75, 3.05) is 61.9 Å². The standard InChI is InChI=1S/C21H27N7OS.C7H12FN/c1-13-4-3-8-27(11-13)18-24-19(26-20(25-18)29-2)28-9-7-21(12-28)6-5-15-16(21)14(10-22)17(23)30-15;8-6-4-7-2-1-3-9(7)5-6/h13H,3-9,11-12,23H2,1-2H3;6-7H,1-5H2. The third-order valence-electron chi connectivity index (χ3n) is 9.29. The molecule has 0 bridgehead atoms. The quantitative estimate of drug-likeness (QED) is 0.604. The second-order valence-corrected chi connectivity index (χ2v) is 13.1. The van der Waals surface area contributed by atoms with Crippen LogP contribution in [0.5, 0.6) is 6.01 Å². The first-order valence-corrected chi connectivity index (χ1v) is 15.2. The van der Waals surface area contributed by atoms with E-state index in [4.69, 9.17) is 15.5 Å². The number of halogens is 1. The number of aryl methyl sites for hydroxylation is 1. The Bertz CT molecular complexity index is 1240. The lowest BCUT2D eigenvalue weighted by Crippen LogP contribution is -2.36. The molecule has 11 heteroatoms. The number of fused-ring (bicyclic) bond motifs is 3. The van der Waals surface area contributed by atoms with Gasteiger partial charge in [0.1, 0.15) is 17.2 Å². The van der Waals surface area contributed by atoms with Crippen molar-refractivity contribution in [1.29, 1.82) is 5.26 Å². The van der Waals surface area contributed by atoms with Gasteiger partial charge in [-0.15, -0.1) is 11.3 Å². The predicted molar refractivity (Wildman–Crippen MR) is 151 cm³/mol. The Labute approximate surface area is 234 Å². The van der Waals surface area contributed by atoms with E-state index >= 15 is 0 Å². The SMILES string of the molecule is COc1nc(N2CCCC(C)C2)nc(N2CCC3(CCc4sc(N)c(C#N)c43)C2)n1.FC1CC2CCCN2C1. The van der Waals surface area contributed by atoms with Crippen LogP contribution >= 0.6 is 11.3 Å². The first-order valence-electron chi connectivity index (χ1n) is 14.4. The number of thiophene rings is 1. The zero-order chi connectivity index (χ0) is 27.1. The van der Waals surface area contributed by atoms with Crippen molar-refractivity contribution in [2.45, 2.75) is 75.9 Å². The van der Waals surface area contributed by atoms with Gasteiger partial charge in [-0.2, -0.15) is 20.2 Å². The molecule has 2 aromatic rings. The normalized spacial score (nSPS) is 29.7. The van der Waals surface area contributed by atoms with E-state index in [9.17, 15) is 9.65 Å². The summed E-state index contributed by atoms with van der Waals surface area (Å²) < 4.78 is 18.0. The molecule has 4 atom stereocenters. The number of piperidine rings is 1. The van der Waals surface area contributed by atoms with Crippen molar-refractivity contribution in [3.05, 3.63) is 16.0 Å². The fourth-order valence-electron chi connectivity index (χ4n) is 7.38. The maximum Gasteiger partial charge on any atom is 0.322 e. The van der Waals surface area contributed by atoms with Crippen molar-refractivity contribution in [1.82, 2.24) is 19.9 Å². The van der Waals surface area contributed by atoms with Gasteiger partial charge in [-0.25, -0.2) is 4.39 Å². The van der Waals surface area contributed by atoms with Crippen LogP contribution in [0.1, 0.15) is 67.9 Å². The molecule has 4 fully saturated rings. The number of rotatable bonds is 3. The molecule has 2 aromatic heterocycles.